The van der Waals surface area contributed by atoms with Crippen LogP contribution in [0.25, 0.3) is 11.4 Å². The van der Waals surface area contributed by atoms with Crippen molar-refractivity contribution in [1.82, 2.24) is 19.9 Å². The molecule has 2 heterocycles. The molecule has 0 unspecified atom stereocenters. The Bertz CT molecular complexity index is 807. The van der Waals surface area contributed by atoms with Gasteiger partial charge < -0.3 is 10.4 Å². The lowest BCUT2D eigenvalue weighted by molar-refractivity contribution is 0.477. The smallest absolute Gasteiger partial charge is 0.165 e. The van der Waals surface area contributed by atoms with Crippen LogP contribution < -0.4 is 5.32 Å². The van der Waals surface area contributed by atoms with Crippen molar-refractivity contribution in [1.29, 1.82) is 0 Å². The number of rotatable bonds is 4. The Hall–Kier alpha value is -3.02. The molecule has 6 nitrogen and oxygen atoms in total. The molecule has 0 fully saturated rings. The van der Waals surface area contributed by atoms with Crippen LogP contribution in [-0.4, -0.2) is 25.0 Å². The van der Waals surface area contributed by atoms with Crippen LogP contribution in [0.2, 0.25) is 0 Å². The summed E-state index contributed by atoms with van der Waals surface area (Å²) in [7, 11) is 0. The number of para-hydroxylation sites is 1. The molecule has 1 atom stereocenters. The Balaban J connectivity index is 1.91. The summed E-state index contributed by atoms with van der Waals surface area (Å²) in [6.45, 7) is 3.89. The normalized spacial score (nSPS) is 11.9. The summed E-state index contributed by atoms with van der Waals surface area (Å²) in [5.74, 6) is 1.33. The number of nitrogens with one attached hydrogen (secondary N) is 1. The molecule has 0 aliphatic heterocycles. The van der Waals surface area contributed by atoms with E-state index in [9.17, 15) is 5.11 Å². The SMILES string of the molecule is Cc1cc(N[C@H](C)c2ccncn2)nc(-c2ccccc2O)n1. The number of aryl methyl sites for hydroxylation is 1. The molecule has 0 saturated heterocycles. The number of phenols is 1. The molecular formula is C17H17N5O. The maximum atomic E-state index is 9.99. The third-order valence-corrected chi connectivity index (χ3v) is 3.41. The van der Waals surface area contributed by atoms with E-state index in [-0.39, 0.29) is 11.8 Å². The fourth-order valence-corrected chi connectivity index (χ4v) is 2.28. The topological polar surface area (TPSA) is 83.8 Å². The van der Waals surface area contributed by atoms with Crippen LogP contribution in [0, 0.1) is 6.92 Å². The highest BCUT2D eigenvalue weighted by Gasteiger charge is 2.12. The van der Waals surface area contributed by atoms with Crippen molar-refractivity contribution in [2.24, 2.45) is 0 Å². The van der Waals surface area contributed by atoms with Gasteiger partial charge in [0.25, 0.3) is 0 Å². The summed E-state index contributed by atoms with van der Waals surface area (Å²) in [5.41, 5.74) is 2.30. The Kier molecular flexibility index (Phi) is 4.14. The van der Waals surface area contributed by atoms with Gasteiger partial charge in [0.2, 0.25) is 0 Å². The number of hydrogen-bond acceptors (Lipinski definition) is 6. The highest BCUT2D eigenvalue weighted by atomic mass is 16.3. The summed E-state index contributed by atoms with van der Waals surface area (Å²) in [6, 6.07) is 10.7. The van der Waals surface area contributed by atoms with Gasteiger partial charge >= 0.3 is 0 Å². The Morgan fingerprint density at radius 1 is 1.13 bits per heavy atom. The molecule has 2 N–H and O–H groups in total. The molecule has 23 heavy (non-hydrogen) atoms. The van der Waals surface area contributed by atoms with Crippen molar-refractivity contribution in [3.63, 3.8) is 0 Å². The van der Waals surface area contributed by atoms with Gasteiger partial charge in [0.05, 0.1) is 17.3 Å². The van der Waals surface area contributed by atoms with E-state index in [0.717, 1.165) is 11.4 Å². The molecule has 6 heteroatoms. The van der Waals surface area contributed by atoms with E-state index in [1.165, 1.54) is 6.33 Å². The van der Waals surface area contributed by atoms with E-state index in [4.69, 9.17) is 0 Å². The van der Waals surface area contributed by atoms with Crippen LogP contribution >= 0.6 is 0 Å². The first kappa shape index (κ1) is 14.9. The van der Waals surface area contributed by atoms with Gasteiger partial charge in [0.15, 0.2) is 5.82 Å². The van der Waals surface area contributed by atoms with Crippen LogP contribution in [-0.2, 0) is 0 Å². The number of benzene rings is 1. The Morgan fingerprint density at radius 2 is 1.96 bits per heavy atom. The molecule has 0 bridgehead atoms. The van der Waals surface area contributed by atoms with Gasteiger partial charge in [0.1, 0.15) is 17.9 Å². The quantitative estimate of drug-likeness (QED) is 0.770. The fraction of sp³-hybridized carbons (Fsp3) is 0.176. The number of nitrogens with zero attached hydrogens (tertiary/aromatic N) is 4. The fourth-order valence-electron chi connectivity index (χ4n) is 2.28. The second-order valence-electron chi connectivity index (χ2n) is 5.24. The van der Waals surface area contributed by atoms with Crippen LogP contribution in [0.1, 0.15) is 24.4 Å². The first-order valence-corrected chi connectivity index (χ1v) is 7.30. The zero-order chi connectivity index (χ0) is 16.2. The number of phenolic OH excluding ortho intramolecular Hbond substituents is 1. The summed E-state index contributed by atoms with van der Waals surface area (Å²) in [5, 5.41) is 13.3. The van der Waals surface area contributed by atoms with Crippen molar-refractivity contribution in [3.8, 4) is 17.1 Å². The highest BCUT2D eigenvalue weighted by molar-refractivity contribution is 5.64. The van der Waals surface area contributed by atoms with Crippen LogP contribution in [0.3, 0.4) is 0 Å². The van der Waals surface area contributed by atoms with E-state index < -0.39 is 0 Å². The summed E-state index contributed by atoms with van der Waals surface area (Å²) in [6.07, 6.45) is 3.23. The standard InChI is InChI=1S/C17H17N5O/c1-11-9-16(21-12(2)14-7-8-18-10-19-14)22-17(20-11)13-5-3-4-6-15(13)23/h3-10,12,23H,1-2H3,(H,20,21,22)/t12-/m1/s1. The van der Waals surface area contributed by atoms with Crippen LogP contribution in [0.5, 0.6) is 5.75 Å². The minimum Gasteiger partial charge on any atom is -0.507 e. The lowest BCUT2D eigenvalue weighted by Gasteiger charge is -2.15. The summed E-state index contributed by atoms with van der Waals surface area (Å²) >= 11 is 0. The predicted molar refractivity (Wildman–Crippen MR) is 87.9 cm³/mol. The van der Waals surface area contributed by atoms with Gasteiger partial charge in [-0.05, 0) is 32.0 Å². The molecule has 0 aliphatic carbocycles. The summed E-state index contributed by atoms with van der Waals surface area (Å²) in [4.78, 5) is 17.1. The van der Waals surface area contributed by atoms with Crippen molar-refractivity contribution in [3.05, 3.63) is 60.3 Å². The van der Waals surface area contributed by atoms with Gasteiger partial charge in [-0.2, -0.15) is 0 Å². The van der Waals surface area contributed by atoms with Crippen molar-refractivity contribution >= 4 is 5.82 Å². The average Bonchev–Trinajstić information content (AvgIpc) is 2.55. The molecule has 0 aliphatic rings. The lowest BCUT2D eigenvalue weighted by atomic mass is 10.2. The molecule has 0 radical (unpaired) electrons. The highest BCUT2D eigenvalue weighted by Crippen LogP contribution is 2.27. The zero-order valence-corrected chi connectivity index (χ0v) is 12.9. The Labute approximate surface area is 134 Å². The van der Waals surface area contributed by atoms with Crippen molar-refractivity contribution in [2.45, 2.75) is 19.9 Å². The largest absolute Gasteiger partial charge is 0.507 e. The van der Waals surface area contributed by atoms with Crippen LogP contribution in [0.15, 0.2) is 48.9 Å². The minimum atomic E-state index is -0.0236. The van der Waals surface area contributed by atoms with Gasteiger partial charge in [-0.1, -0.05) is 12.1 Å². The van der Waals surface area contributed by atoms with Crippen LogP contribution in [0.4, 0.5) is 5.82 Å². The van der Waals surface area contributed by atoms with E-state index in [1.54, 1.807) is 24.4 Å². The first-order valence-electron chi connectivity index (χ1n) is 7.30. The monoisotopic (exact) mass is 307 g/mol. The molecule has 0 amide bonds. The molecule has 0 saturated carbocycles. The molecule has 2 aromatic heterocycles. The van der Waals surface area contributed by atoms with Gasteiger partial charge in [-0.3, -0.25) is 0 Å². The number of hydrogen-bond donors (Lipinski definition) is 2. The average molecular weight is 307 g/mol. The first-order chi connectivity index (χ1) is 11.1. The van der Waals surface area contributed by atoms with Crippen molar-refractivity contribution < 1.29 is 5.11 Å². The second kappa shape index (κ2) is 6.39. The van der Waals surface area contributed by atoms with E-state index in [2.05, 4.69) is 25.3 Å². The minimum absolute atomic E-state index is 0.0236. The number of anilines is 1. The summed E-state index contributed by atoms with van der Waals surface area (Å²) < 4.78 is 0. The Morgan fingerprint density at radius 3 is 2.70 bits per heavy atom. The van der Waals surface area contributed by atoms with Gasteiger partial charge in [-0.15, -0.1) is 0 Å². The van der Waals surface area contributed by atoms with E-state index >= 15 is 0 Å². The van der Waals surface area contributed by atoms with E-state index in [1.807, 2.05) is 32.0 Å². The third-order valence-electron chi connectivity index (χ3n) is 3.41. The maximum absolute atomic E-state index is 9.99. The maximum Gasteiger partial charge on any atom is 0.165 e. The number of aromatic nitrogens is 4. The molecule has 1 aromatic carbocycles. The molecular weight excluding hydrogens is 290 g/mol. The molecule has 0 spiro atoms. The molecule has 3 aromatic rings. The van der Waals surface area contributed by atoms with E-state index in [0.29, 0.717) is 17.2 Å². The van der Waals surface area contributed by atoms with Gasteiger partial charge in [0, 0.05) is 18.0 Å². The van der Waals surface area contributed by atoms with Crippen molar-refractivity contribution in [2.75, 3.05) is 5.32 Å². The van der Waals surface area contributed by atoms with Gasteiger partial charge in [-0.25, -0.2) is 19.9 Å². The number of aromatic hydroxyl groups is 1. The lowest BCUT2D eigenvalue weighted by Crippen LogP contribution is -2.10. The predicted octanol–water partition coefficient (Wildman–Crippen LogP) is 3.12. The second-order valence-corrected chi connectivity index (χ2v) is 5.24. The zero-order valence-electron chi connectivity index (χ0n) is 12.9. The molecule has 116 valence electrons. The molecule has 3 rings (SSSR count). The third kappa shape index (κ3) is 3.42.